The van der Waals surface area contributed by atoms with Crippen LogP contribution in [0.4, 0.5) is 8.78 Å². The lowest BCUT2D eigenvalue weighted by Gasteiger charge is -2.09. The van der Waals surface area contributed by atoms with Crippen LogP contribution in [0.25, 0.3) is 10.9 Å². The molecule has 0 aliphatic heterocycles. The molecule has 2 aromatic rings. The fourth-order valence-electron chi connectivity index (χ4n) is 1.98. The Labute approximate surface area is 104 Å². The molecular weight excluding hydrogens is 236 g/mol. The third-order valence-corrected chi connectivity index (χ3v) is 2.68. The summed E-state index contributed by atoms with van der Waals surface area (Å²) in [6.45, 7) is 7.22. The van der Waals surface area contributed by atoms with Gasteiger partial charge in [-0.05, 0) is 31.0 Å². The highest BCUT2D eigenvalue weighted by atomic mass is 19.3. The lowest BCUT2D eigenvalue weighted by atomic mass is 9.98. The average Bonchev–Trinajstić information content (AvgIpc) is 2.74. The summed E-state index contributed by atoms with van der Waals surface area (Å²) < 4.78 is 25.7. The Morgan fingerprint density at radius 1 is 1.33 bits per heavy atom. The topological polar surface area (TPSA) is 52.5 Å². The number of H-pyrrole nitrogens is 1. The van der Waals surface area contributed by atoms with Crippen molar-refractivity contribution in [3.05, 3.63) is 28.5 Å². The summed E-state index contributed by atoms with van der Waals surface area (Å²) in [7, 11) is 0. The Kier molecular flexibility index (Phi) is 4.38. The first-order valence-electron chi connectivity index (χ1n) is 5.72. The van der Waals surface area contributed by atoms with E-state index in [1.165, 1.54) is 0 Å². The fourth-order valence-corrected chi connectivity index (χ4v) is 1.98. The second-order valence-electron chi connectivity index (χ2n) is 3.64. The van der Waals surface area contributed by atoms with Crippen LogP contribution in [0, 0.1) is 25.2 Å². The van der Waals surface area contributed by atoms with Gasteiger partial charge in [0.05, 0.1) is 5.52 Å². The molecule has 1 aromatic heterocycles. The predicted octanol–water partition coefficient (Wildman–Crippen LogP) is 4.02. The number of aryl methyl sites for hydroxylation is 2. The summed E-state index contributed by atoms with van der Waals surface area (Å²) in [6, 6.07) is 3.48. The number of alkyl halides is 2. The number of nitrogens with one attached hydrogen (secondary N) is 1. The van der Waals surface area contributed by atoms with Crippen molar-refractivity contribution in [2.45, 2.75) is 34.1 Å². The van der Waals surface area contributed by atoms with E-state index < -0.39 is 6.43 Å². The summed E-state index contributed by atoms with van der Waals surface area (Å²) in [5.74, 6) is 0. The largest absolute Gasteiger partial charge is 0.276 e. The van der Waals surface area contributed by atoms with Gasteiger partial charge in [-0.2, -0.15) is 10.4 Å². The first-order chi connectivity index (χ1) is 8.56. The van der Waals surface area contributed by atoms with Crippen molar-refractivity contribution in [2.75, 3.05) is 0 Å². The first-order valence-corrected chi connectivity index (χ1v) is 5.72. The van der Waals surface area contributed by atoms with Gasteiger partial charge in [0.2, 0.25) is 0 Å². The minimum absolute atomic E-state index is 0.00889. The molecule has 18 heavy (non-hydrogen) atoms. The average molecular weight is 251 g/mol. The van der Waals surface area contributed by atoms with Crippen molar-refractivity contribution in [1.82, 2.24) is 10.2 Å². The van der Waals surface area contributed by atoms with Crippen LogP contribution in [-0.4, -0.2) is 10.2 Å². The molecule has 1 aromatic carbocycles. The molecule has 2 rings (SSSR count). The van der Waals surface area contributed by atoms with Crippen LogP contribution in [-0.2, 0) is 0 Å². The molecule has 0 atom stereocenters. The van der Waals surface area contributed by atoms with Crippen LogP contribution in [0.15, 0.2) is 6.07 Å². The third kappa shape index (κ3) is 2.19. The molecule has 0 aliphatic carbocycles. The van der Waals surface area contributed by atoms with E-state index >= 15 is 0 Å². The number of hydrogen-bond donors (Lipinski definition) is 1. The molecule has 0 fully saturated rings. The maximum Gasteiger partial charge on any atom is 0.264 e. The lowest BCUT2D eigenvalue weighted by Crippen LogP contribution is -1.95. The molecular formula is C13H15F2N3. The number of halogens is 2. The summed E-state index contributed by atoms with van der Waals surface area (Å²) in [6.07, 6.45) is -2.54. The number of fused-ring (bicyclic) bond motifs is 1. The highest BCUT2D eigenvalue weighted by molar-refractivity contribution is 5.88. The monoisotopic (exact) mass is 251 g/mol. The predicted molar refractivity (Wildman–Crippen MR) is 66.6 cm³/mol. The van der Waals surface area contributed by atoms with Crippen molar-refractivity contribution in [2.24, 2.45) is 0 Å². The van der Waals surface area contributed by atoms with Crippen molar-refractivity contribution in [3.63, 3.8) is 0 Å². The summed E-state index contributed by atoms with van der Waals surface area (Å²) in [4.78, 5) is 0. The number of nitrogens with zero attached hydrogens (tertiary/aromatic N) is 2. The quantitative estimate of drug-likeness (QED) is 0.832. The fraction of sp³-hybridized carbons (Fsp3) is 0.385. The van der Waals surface area contributed by atoms with Gasteiger partial charge in [-0.3, -0.25) is 5.10 Å². The van der Waals surface area contributed by atoms with Gasteiger partial charge >= 0.3 is 0 Å². The second-order valence-corrected chi connectivity index (χ2v) is 3.64. The minimum Gasteiger partial charge on any atom is -0.276 e. The van der Waals surface area contributed by atoms with Crippen LogP contribution in [0.1, 0.15) is 42.7 Å². The number of benzene rings is 1. The van der Waals surface area contributed by atoms with Crippen molar-refractivity contribution in [3.8, 4) is 6.07 Å². The summed E-state index contributed by atoms with van der Waals surface area (Å²) in [5, 5.41) is 15.8. The summed E-state index contributed by atoms with van der Waals surface area (Å²) in [5.41, 5.74) is 1.71. The molecule has 0 saturated heterocycles. The van der Waals surface area contributed by atoms with Crippen LogP contribution in [0.3, 0.4) is 0 Å². The van der Waals surface area contributed by atoms with Crippen molar-refractivity contribution in [1.29, 1.82) is 5.26 Å². The number of aromatic nitrogens is 2. The Balaban J connectivity index is 0.000000771. The molecule has 5 heteroatoms. The second kappa shape index (κ2) is 5.58. The lowest BCUT2D eigenvalue weighted by molar-refractivity contribution is 0.150. The molecule has 96 valence electrons. The van der Waals surface area contributed by atoms with Crippen molar-refractivity contribution < 1.29 is 8.78 Å². The van der Waals surface area contributed by atoms with Gasteiger partial charge in [0, 0.05) is 10.9 Å². The van der Waals surface area contributed by atoms with E-state index in [1.54, 1.807) is 19.9 Å². The van der Waals surface area contributed by atoms with E-state index in [9.17, 15) is 8.78 Å². The van der Waals surface area contributed by atoms with E-state index in [2.05, 4.69) is 10.2 Å². The number of rotatable bonds is 1. The Bertz CT molecular complexity index is 594. The van der Waals surface area contributed by atoms with Gasteiger partial charge in [0.25, 0.3) is 6.43 Å². The Morgan fingerprint density at radius 3 is 2.44 bits per heavy atom. The number of aromatic amines is 1. The van der Waals surface area contributed by atoms with Gasteiger partial charge in [-0.15, -0.1) is 0 Å². The highest BCUT2D eigenvalue weighted by Gasteiger charge is 2.19. The summed E-state index contributed by atoms with van der Waals surface area (Å²) >= 11 is 0. The van der Waals surface area contributed by atoms with Gasteiger partial charge < -0.3 is 0 Å². The zero-order valence-corrected chi connectivity index (χ0v) is 10.8. The SMILES string of the molecule is CC.Cc1cc2[nH]nc(C#N)c2c(C)c1C(F)F. The Hall–Kier alpha value is -1.96. The van der Waals surface area contributed by atoms with Crippen LogP contribution in [0.2, 0.25) is 0 Å². The minimum atomic E-state index is -2.54. The zero-order valence-electron chi connectivity index (χ0n) is 10.8. The van der Waals surface area contributed by atoms with Gasteiger partial charge in [-0.25, -0.2) is 8.78 Å². The highest BCUT2D eigenvalue weighted by Crippen LogP contribution is 2.32. The smallest absolute Gasteiger partial charge is 0.264 e. The molecule has 0 spiro atoms. The van der Waals surface area contributed by atoms with E-state index in [0.29, 0.717) is 22.0 Å². The maximum absolute atomic E-state index is 12.8. The van der Waals surface area contributed by atoms with Crippen LogP contribution < -0.4 is 0 Å². The number of nitriles is 1. The molecule has 0 saturated carbocycles. The first kappa shape index (κ1) is 14.1. The van der Waals surface area contributed by atoms with Crippen LogP contribution >= 0.6 is 0 Å². The molecule has 1 N–H and O–H groups in total. The molecule has 0 unspecified atom stereocenters. The molecule has 3 nitrogen and oxygen atoms in total. The molecule has 1 heterocycles. The van der Waals surface area contributed by atoms with Gasteiger partial charge in [-0.1, -0.05) is 13.8 Å². The van der Waals surface area contributed by atoms with E-state index in [1.807, 2.05) is 19.9 Å². The normalized spacial score (nSPS) is 10.1. The molecule has 0 bridgehead atoms. The maximum atomic E-state index is 12.8. The van der Waals surface area contributed by atoms with Crippen molar-refractivity contribution >= 4 is 10.9 Å². The van der Waals surface area contributed by atoms with Gasteiger partial charge in [0.1, 0.15) is 6.07 Å². The van der Waals surface area contributed by atoms with E-state index in [0.717, 1.165) is 0 Å². The Morgan fingerprint density at radius 2 is 1.94 bits per heavy atom. The third-order valence-electron chi connectivity index (χ3n) is 2.68. The van der Waals surface area contributed by atoms with Crippen LogP contribution in [0.5, 0.6) is 0 Å². The van der Waals surface area contributed by atoms with E-state index in [4.69, 9.17) is 5.26 Å². The molecule has 0 amide bonds. The standard InChI is InChI=1S/C11H9F2N3.C2H6/c1-5-3-7-10(8(4-14)16-15-7)6(2)9(5)11(12)13;1-2/h3,11H,1-2H3,(H,15,16);1-2H3. The molecule has 0 aliphatic rings. The number of hydrogen-bond acceptors (Lipinski definition) is 2. The van der Waals surface area contributed by atoms with Gasteiger partial charge in [0.15, 0.2) is 5.69 Å². The molecule has 0 radical (unpaired) electrons. The van der Waals surface area contributed by atoms with E-state index in [-0.39, 0.29) is 11.3 Å². The zero-order chi connectivity index (χ0) is 13.9.